The minimum absolute atomic E-state index is 0.279. The number of aromatic nitrogens is 1. The summed E-state index contributed by atoms with van der Waals surface area (Å²) in [7, 11) is 1.59. The molecular formula is C15H11ClN2O2S. The van der Waals surface area contributed by atoms with Crippen LogP contribution in [0.2, 0.25) is 5.02 Å². The van der Waals surface area contributed by atoms with Gasteiger partial charge in [0, 0.05) is 0 Å². The number of para-hydroxylation sites is 1. The third-order valence-electron chi connectivity index (χ3n) is 2.94. The molecule has 2 aromatic carbocycles. The molecule has 0 radical (unpaired) electrons. The van der Waals surface area contributed by atoms with Crippen molar-refractivity contribution in [3.63, 3.8) is 0 Å². The van der Waals surface area contributed by atoms with Crippen LogP contribution in [0.5, 0.6) is 5.75 Å². The highest BCUT2D eigenvalue weighted by Gasteiger charge is 2.13. The van der Waals surface area contributed by atoms with Gasteiger partial charge in [0.15, 0.2) is 5.13 Å². The zero-order valence-electron chi connectivity index (χ0n) is 11.1. The minimum Gasteiger partial charge on any atom is -0.494 e. The van der Waals surface area contributed by atoms with Crippen molar-refractivity contribution in [2.45, 2.75) is 0 Å². The van der Waals surface area contributed by atoms with Crippen LogP contribution in [0, 0.1) is 0 Å². The summed E-state index contributed by atoms with van der Waals surface area (Å²) in [6, 6.07) is 12.6. The van der Waals surface area contributed by atoms with Crippen LogP contribution < -0.4 is 10.1 Å². The maximum atomic E-state index is 12.2. The van der Waals surface area contributed by atoms with Crippen LogP contribution in [0.1, 0.15) is 10.4 Å². The third-order valence-corrected chi connectivity index (χ3v) is 4.21. The molecule has 3 rings (SSSR count). The van der Waals surface area contributed by atoms with E-state index in [2.05, 4.69) is 10.3 Å². The first-order valence-corrected chi connectivity index (χ1v) is 7.38. The summed E-state index contributed by atoms with van der Waals surface area (Å²) in [4.78, 5) is 16.6. The Hall–Kier alpha value is -2.11. The molecule has 1 aromatic heterocycles. The number of thiazole rings is 1. The van der Waals surface area contributed by atoms with Crippen LogP contribution in [-0.2, 0) is 0 Å². The molecule has 1 N–H and O–H groups in total. The predicted molar refractivity (Wildman–Crippen MR) is 85.6 cm³/mol. The van der Waals surface area contributed by atoms with E-state index in [0.29, 0.717) is 21.5 Å². The van der Waals surface area contributed by atoms with Gasteiger partial charge in [0.2, 0.25) is 0 Å². The van der Waals surface area contributed by atoms with Gasteiger partial charge in [-0.1, -0.05) is 41.1 Å². The molecule has 0 aliphatic heterocycles. The fourth-order valence-corrected chi connectivity index (χ4v) is 3.05. The van der Waals surface area contributed by atoms with Gasteiger partial charge in [0.25, 0.3) is 5.91 Å². The second-order valence-corrected chi connectivity index (χ2v) is 5.70. The molecular weight excluding hydrogens is 308 g/mol. The van der Waals surface area contributed by atoms with E-state index in [1.807, 2.05) is 18.2 Å². The molecule has 0 aliphatic rings. The van der Waals surface area contributed by atoms with Crippen molar-refractivity contribution in [1.29, 1.82) is 0 Å². The summed E-state index contributed by atoms with van der Waals surface area (Å²) in [5, 5.41) is 3.69. The lowest BCUT2D eigenvalue weighted by atomic mass is 10.2. The standard InChI is InChI=1S/C15H11ClN2O2S/c1-20-11-7-4-8-12-13(11)17-15(21-12)18-14(19)9-5-2-3-6-10(9)16/h2-8H,1H3,(H,17,18,19). The second kappa shape index (κ2) is 5.71. The average Bonchev–Trinajstić information content (AvgIpc) is 2.89. The molecule has 0 saturated heterocycles. The Morgan fingerprint density at radius 1 is 1.24 bits per heavy atom. The third kappa shape index (κ3) is 2.70. The lowest BCUT2D eigenvalue weighted by molar-refractivity contribution is 0.102. The van der Waals surface area contributed by atoms with Crippen LogP contribution in [0.25, 0.3) is 10.2 Å². The van der Waals surface area contributed by atoms with Gasteiger partial charge < -0.3 is 4.74 Å². The molecule has 1 amide bonds. The largest absolute Gasteiger partial charge is 0.494 e. The summed E-state index contributed by atoms with van der Waals surface area (Å²) in [6.07, 6.45) is 0. The molecule has 0 unspecified atom stereocenters. The number of hydrogen-bond acceptors (Lipinski definition) is 4. The van der Waals surface area contributed by atoms with Crippen molar-refractivity contribution in [3.05, 3.63) is 53.1 Å². The first-order valence-electron chi connectivity index (χ1n) is 6.18. The Bertz CT molecular complexity index is 816. The lowest BCUT2D eigenvalue weighted by Gasteiger charge is -2.03. The van der Waals surface area contributed by atoms with E-state index in [-0.39, 0.29) is 5.91 Å². The molecule has 1 heterocycles. The number of carbonyl (C=O) groups excluding carboxylic acids is 1. The number of nitrogens with one attached hydrogen (secondary N) is 1. The van der Waals surface area contributed by atoms with Crippen LogP contribution in [-0.4, -0.2) is 18.0 Å². The number of ether oxygens (including phenoxy) is 1. The highest BCUT2D eigenvalue weighted by molar-refractivity contribution is 7.22. The van der Waals surface area contributed by atoms with E-state index in [1.165, 1.54) is 11.3 Å². The molecule has 21 heavy (non-hydrogen) atoms. The highest BCUT2D eigenvalue weighted by atomic mass is 35.5. The highest BCUT2D eigenvalue weighted by Crippen LogP contribution is 2.32. The molecule has 3 aromatic rings. The summed E-state index contributed by atoms with van der Waals surface area (Å²) in [5.74, 6) is 0.403. The molecule has 0 aliphatic carbocycles. The van der Waals surface area contributed by atoms with Crippen molar-refractivity contribution < 1.29 is 9.53 Å². The Morgan fingerprint density at radius 2 is 2.05 bits per heavy atom. The Balaban J connectivity index is 1.92. The lowest BCUT2D eigenvalue weighted by Crippen LogP contribution is -2.12. The SMILES string of the molecule is COc1cccc2sc(NC(=O)c3ccccc3Cl)nc12. The fourth-order valence-electron chi connectivity index (χ4n) is 1.95. The number of nitrogens with zero attached hydrogens (tertiary/aromatic N) is 1. The van der Waals surface area contributed by atoms with Gasteiger partial charge in [-0.05, 0) is 24.3 Å². The summed E-state index contributed by atoms with van der Waals surface area (Å²) in [5.41, 5.74) is 1.16. The molecule has 0 atom stereocenters. The van der Waals surface area contributed by atoms with Crippen molar-refractivity contribution in [2.75, 3.05) is 12.4 Å². The van der Waals surface area contributed by atoms with Crippen molar-refractivity contribution in [2.24, 2.45) is 0 Å². The minimum atomic E-state index is -0.279. The number of benzene rings is 2. The number of carbonyl (C=O) groups is 1. The fraction of sp³-hybridized carbons (Fsp3) is 0.0667. The molecule has 6 heteroatoms. The van der Waals surface area contributed by atoms with Crippen molar-refractivity contribution in [1.82, 2.24) is 4.98 Å². The number of rotatable bonds is 3. The van der Waals surface area contributed by atoms with E-state index in [9.17, 15) is 4.79 Å². The smallest absolute Gasteiger partial charge is 0.258 e. The van der Waals surface area contributed by atoms with E-state index in [1.54, 1.807) is 31.4 Å². The van der Waals surface area contributed by atoms with E-state index < -0.39 is 0 Å². The molecule has 0 bridgehead atoms. The zero-order chi connectivity index (χ0) is 14.8. The van der Waals surface area contributed by atoms with E-state index in [0.717, 1.165) is 10.2 Å². The van der Waals surface area contributed by atoms with Gasteiger partial charge in [0.1, 0.15) is 11.3 Å². The average molecular weight is 319 g/mol. The summed E-state index contributed by atoms with van der Waals surface area (Å²) < 4.78 is 6.21. The Labute approximate surface area is 130 Å². The molecule has 0 saturated carbocycles. The first-order chi connectivity index (χ1) is 10.2. The maximum absolute atomic E-state index is 12.2. The topological polar surface area (TPSA) is 51.2 Å². The van der Waals surface area contributed by atoms with Gasteiger partial charge in [0.05, 0.1) is 22.4 Å². The van der Waals surface area contributed by atoms with Crippen LogP contribution in [0.4, 0.5) is 5.13 Å². The van der Waals surface area contributed by atoms with Crippen LogP contribution >= 0.6 is 22.9 Å². The molecule has 0 fully saturated rings. The Morgan fingerprint density at radius 3 is 2.81 bits per heavy atom. The second-order valence-electron chi connectivity index (χ2n) is 4.26. The van der Waals surface area contributed by atoms with Gasteiger partial charge in [-0.3, -0.25) is 10.1 Å². The van der Waals surface area contributed by atoms with Crippen molar-refractivity contribution in [3.8, 4) is 5.75 Å². The van der Waals surface area contributed by atoms with Crippen molar-refractivity contribution >= 4 is 44.2 Å². The molecule has 0 spiro atoms. The number of hydrogen-bond donors (Lipinski definition) is 1. The van der Waals surface area contributed by atoms with Gasteiger partial charge in [-0.15, -0.1) is 0 Å². The van der Waals surface area contributed by atoms with E-state index in [4.69, 9.17) is 16.3 Å². The summed E-state index contributed by atoms with van der Waals surface area (Å²) in [6.45, 7) is 0. The summed E-state index contributed by atoms with van der Waals surface area (Å²) >= 11 is 7.40. The number of fused-ring (bicyclic) bond motifs is 1. The number of amides is 1. The number of methoxy groups -OCH3 is 1. The van der Waals surface area contributed by atoms with Crippen LogP contribution in [0.3, 0.4) is 0 Å². The zero-order valence-corrected chi connectivity index (χ0v) is 12.7. The maximum Gasteiger partial charge on any atom is 0.258 e. The Kier molecular flexibility index (Phi) is 3.77. The first kappa shape index (κ1) is 13.9. The normalized spacial score (nSPS) is 10.6. The quantitative estimate of drug-likeness (QED) is 0.787. The number of halogens is 1. The predicted octanol–water partition coefficient (Wildman–Crippen LogP) is 4.21. The number of anilines is 1. The van der Waals surface area contributed by atoms with Gasteiger partial charge in [-0.2, -0.15) is 0 Å². The van der Waals surface area contributed by atoms with E-state index >= 15 is 0 Å². The monoisotopic (exact) mass is 318 g/mol. The van der Waals surface area contributed by atoms with Crippen LogP contribution in [0.15, 0.2) is 42.5 Å². The molecule has 4 nitrogen and oxygen atoms in total. The molecule has 106 valence electrons. The van der Waals surface area contributed by atoms with Gasteiger partial charge in [-0.25, -0.2) is 4.98 Å². The van der Waals surface area contributed by atoms with Gasteiger partial charge >= 0.3 is 0 Å².